The summed E-state index contributed by atoms with van der Waals surface area (Å²) < 4.78 is 11.3. The predicted molar refractivity (Wildman–Crippen MR) is 125 cm³/mol. The molecule has 0 saturated carbocycles. The van der Waals surface area contributed by atoms with Crippen LogP contribution in [0.5, 0.6) is 11.5 Å². The van der Waals surface area contributed by atoms with Gasteiger partial charge in [-0.05, 0) is 59.2 Å². The molecule has 0 aliphatic rings. The monoisotopic (exact) mass is 506 g/mol. The number of nitrogens with zero attached hydrogens (tertiary/aromatic N) is 1. The second kappa shape index (κ2) is 12.7. The number of amides is 1. The Morgan fingerprint density at radius 1 is 1.18 bits per heavy atom. The van der Waals surface area contributed by atoms with Crippen LogP contribution >= 0.6 is 24.0 Å². The highest BCUT2D eigenvalue weighted by molar-refractivity contribution is 14.0. The molecule has 1 aromatic carbocycles. The summed E-state index contributed by atoms with van der Waals surface area (Å²) in [7, 11) is 0. The lowest BCUT2D eigenvalue weighted by atomic mass is 9.93. The average Bonchev–Trinajstić information content (AvgIpc) is 2.61. The third kappa shape index (κ3) is 8.12. The zero-order valence-electron chi connectivity index (χ0n) is 17.8. The summed E-state index contributed by atoms with van der Waals surface area (Å²) in [5, 5.41) is 6.55. The third-order valence-corrected chi connectivity index (χ3v) is 4.06. The lowest BCUT2D eigenvalue weighted by Gasteiger charge is -2.22. The van der Waals surface area contributed by atoms with E-state index in [4.69, 9.17) is 15.2 Å². The molecule has 0 aliphatic heterocycles. The van der Waals surface area contributed by atoms with Gasteiger partial charge in [-0.25, -0.2) is 0 Å². The van der Waals surface area contributed by atoms with Crippen LogP contribution < -0.4 is 25.8 Å². The first kappa shape index (κ1) is 26.3. The molecule has 1 aromatic rings. The first-order chi connectivity index (χ1) is 12.7. The maximum absolute atomic E-state index is 11.5. The molecule has 1 rings (SSSR count). The molecule has 0 aromatic heterocycles. The number of hydrogen-bond donors (Lipinski definition) is 3. The number of carbonyl (C=O) groups is 1. The minimum absolute atomic E-state index is 0. The van der Waals surface area contributed by atoms with Crippen molar-refractivity contribution in [3.8, 4) is 11.5 Å². The van der Waals surface area contributed by atoms with Crippen molar-refractivity contribution in [3.63, 3.8) is 0 Å². The highest BCUT2D eigenvalue weighted by atomic mass is 127. The fourth-order valence-corrected chi connectivity index (χ4v) is 2.30. The molecule has 0 radical (unpaired) electrons. The summed E-state index contributed by atoms with van der Waals surface area (Å²) in [5.41, 5.74) is 5.77. The Morgan fingerprint density at radius 2 is 1.79 bits per heavy atom. The largest absolute Gasteiger partial charge is 0.490 e. The summed E-state index contributed by atoms with van der Waals surface area (Å²) in [6.07, 6.45) is 0. The Balaban J connectivity index is 0.00000729. The number of nitrogens with two attached hydrogens (primary N) is 1. The standard InChI is InChI=1S/C20H34N4O3.HI/c1-7-22-19(23-13-20(5,6)18(21)25)24-14(4)15-10-11-16(26-8-2)17(12-15)27-9-3;/h10-12,14H,7-9,13H2,1-6H3,(H2,21,25)(H2,22,23,24);1H. The van der Waals surface area contributed by atoms with Gasteiger partial charge in [0, 0.05) is 6.54 Å². The minimum atomic E-state index is -0.702. The second-order valence-electron chi connectivity index (χ2n) is 6.88. The van der Waals surface area contributed by atoms with E-state index in [1.165, 1.54) is 0 Å². The molecule has 0 bridgehead atoms. The molecule has 0 saturated heterocycles. The van der Waals surface area contributed by atoms with Gasteiger partial charge in [-0.1, -0.05) is 6.07 Å². The van der Waals surface area contributed by atoms with Crippen LogP contribution in [0.2, 0.25) is 0 Å². The van der Waals surface area contributed by atoms with Crippen LogP contribution in [0.25, 0.3) is 0 Å². The Labute approximate surface area is 185 Å². The molecule has 4 N–H and O–H groups in total. The van der Waals surface area contributed by atoms with E-state index in [0.29, 0.717) is 32.3 Å². The van der Waals surface area contributed by atoms with E-state index in [0.717, 1.165) is 17.1 Å². The molecule has 7 nitrogen and oxygen atoms in total. The SMILES string of the molecule is CCNC(=NCC(C)(C)C(N)=O)NC(C)c1ccc(OCC)c(OCC)c1.I. The Hall–Kier alpha value is -1.71. The summed E-state index contributed by atoms with van der Waals surface area (Å²) in [6.45, 7) is 13.7. The summed E-state index contributed by atoms with van der Waals surface area (Å²) in [5.74, 6) is 1.72. The lowest BCUT2D eigenvalue weighted by Crippen LogP contribution is -2.41. The average molecular weight is 506 g/mol. The van der Waals surface area contributed by atoms with E-state index in [2.05, 4.69) is 15.6 Å². The van der Waals surface area contributed by atoms with Gasteiger partial charge < -0.3 is 25.8 Å². The van der Waals surface area contributed by atoms with Gasteiger partial charge in [0.2, 0.25) is 5.91 Å². The van der Waals surface area contributed by atoms with Gasteiger partial charge in [-0.3, -0.25) is 9.79 Å². The van der Waals surface area contributed by atoms with Crippen molar-refractivity contribution in [2.75, 3.05) is 26.3 Å². The van der Waals surface area contributed by atoms with E-state index in [1.807, 2.05) is 45.9 Å². The molecule has 1 amide bonds. The maximum Gasteiger partial charge on any atom is 0.224 e. The Morgan fingerprint density at radius 3 is 2.32 bits per heavy atom. The van der Waals surface area contributed by atoms with Crippen LogP contribution in [0.1, 0.15) is 53.1 Å². The number of primary amides is 1. The molecular weight excluding hydrogens is 471 g/mol. The highest BCUT2D eigenvalue weighted by Gasteiger charge is 2.24. The van der Waals surface area contributed by atoms with Crippen LogP contribution in [-0.4, -0.2) is 38.2 Å². The Kier molecular flexibility index (Phi) is 11.9. The summed E-state index contributed by atoms with van der Waals surface area (Å²) >= 11 is 0. The van der Waals surface area contributed by atoms with Crippen molar-refractivity contribution >= 4 is 35.8 Å². The minimum Gasteiger partial charge on any atom is -0.490 e. The molecule has 28 heavy (non-hydrogen) atoms. The number of rotatable bonds is 10. The van der Waals surface area contributed by atoms with Gasteiger partial charge in [-0.2, -0.15) is 0 Å². The number of halogens is 1. The van der Waals surface area contributed by atoms with Gasteiger partial charge in [0.05, 0.1) is 31.2 Å². The van der Waals surface area contributed by atoms with Crippen LogP contribution in [0, 0.1) is 5.41 Å². The molecule has 8 heteroatoms. The first-order valence-electron chi connectivity index (χ1n) is 9.49. The number of benzene rings is 1. The molecule has 1 atom stereocenters. The van der Waals surface area contributed by atoms with Crippen molar-refractivity contribution in [2.45, 2.75) is 47.6 Å². The molecule has 0 aliphatic carbocycles. The molecule has 0 fully saturated rings. The highest BCUT2D eigenvalue weighted by Crippen LogP contribution is 2.30. The van der Waals surface area contributed by atoms with Crippen molar-refractivity contribution in [1.29, 1.82) is 0 Å². The fraction of sp³-hybridized carbons (Fsp3) is 0.600. The maximum atomic E-state index is 11.5. The first-order valence-corrected chi connectivity index (χ1v) is 9.49. The van der Waals surface area contributed by atoms with Gasteiger partial charge in [0.1, 0.15) is 0 Å². The molecule has 1 unspecified atom stereocenters. The van der Waals surface area contributed by atoms with Crippen molar-refractivity contribution in [2.24, 2.45) is 16.1 Å². The third-order valence-electron chi connectivity index (χ3n) is 4.06. The summed E-state index contributed by atoms with van der Waals surface area (Å²) in [4.78, 5) is 16.0. The fourth-order valence-electron chi connectivity index (χ4n) is 2.30. The van der Waals surface area contributed by atoms with Crippen molar-refractivity contribution in [3.05, 3.63) is 23.8 Å². The number of hydrogen-bond acceptors (Lipinski definition) is 4. The molecular formula is C20H35IN4O3. The zero-order chi connectivity index (χ0) is 20.4. The van der Waals surface area contributed by atoms with E-state index >= 15 is 0 Å². The van der Waals surface area contributed by atoms with Gasteiger partial charge in [0.25, 0.3) is 0 Å². The number of carbonyl (C=O) groups excluding carboxylic acids is 1. The lowest BCUT2D eigenvalue weighted by molar-refractivity contribution is -0.125. The topological polar surface area (TPSA) is 98.0 Å². The molecule has 0 spiro atoms. The van der Waals surface area contributed by atoms with Gasteiger partial charge in [0.15, 0.2) is 17.5 Å². The predicted octanol–water partition coefficient (Wildman–Crippen LogP) is 3.23. The van der Waals surface area contributed by atoms with E-state index < -0.39 is 5.41 Å². The van der Waals surface area contributed by atoms with Crippen LogP contribution in [0.4, 0.5) is 0 Å². The summed E-state index contributed by atoms with van der Waals surface area (Å²) in [6, 6.07) is 5.88. The van der Waals surface area contributed by atoms with E-state index in [1.54, 1.807) is 13.8 Å². The van der Waals surface area contributed by atoms with E-state index in [-0.39, 0.29) is 35.9 Å². The molecule has 160 valence electrons. The number of nitrogens with one attached hydrogen (secondary N) is 2. The zero-order valence-corrected chi connectivity index (χ0v) is 20.1. The van der Waals surface area contributed by atoms with Crippen LogP contribution in [0.15, 0.2) is 23.2 Å². The number of ether oxygens (including phenoxy) is 2. The quantitative estimate of drug-likeness (QED) is 0.257. The molecule has 0 heterocycles. The van der Waals surface area contributed by atoms with E-state index in [9.17, 15) is 4.79 Å². The van der Waals surface area contributed by atoms with Gasteiger partial charge >= 0.3 is 0 Å². The van der Waals surface area contributed by atoms with Crippen molar-refractivity contribution < 1.29 is 14.3 Å². The number of aliphatic imine (C=N–C) groups is 1. The van der Waals surface area contributed by atoms with Crippen molar-refractivity contribution in [1.82, 2.24) is 10.6 Å². The normalized spacial score (nSPS) is 12.6. The van der Waals surface area contributed by atoms with Crippen LogP contribution in [-0.2, 0) is 4.79 Å². The van der Waals surface area contributed by atoms with Gasteiger partial charge in [-0.15, -0.1) is 24.0 Å². The smallest absolute Gasteiger partial charge is 0.224 e. The van der Waals surface area contributed by atoms with Crippen LogP contribution in [0.3, 0.4) is 0 Å². The number of guanidine groups is 1. The Bertz CT molecular complexity index is 650. The second-order valence-corrected chi connectivity index (χ2v) is 6.88.